The molecular formula is C9H16N2O2S. The minimum Gasteiger partial charge on any atom is -0.366 e. The largest absolute Gasteiger partial charge is 0.366 e. The van der Waals surface area contributed by atoms with Gasteiger partial charge in [0.2, 0.25) is 11.8 Å². The maximum atomic E-state index is 11.0. The van der Waals surface area contributed by atoms with Crippen LogP contribution in [0.5, 0.6) is 0 Å². The first-order chi connectivity index (χ1) is 6.66. The van der Waals surface area contributed by atoms with E-state index in [1.54, 1.807) is 0 Å². The Morgan fingerprint density at radius 1 is 1.21 bits per heavy atom. The molecule has 0 aliphatic heterocycles. The molecule has 0 radical (unpaired) electrons. The molecule has 0 saturated carbocycles. The second kappa shape index (κ2) is 8.62. The summed E-state index contributed by atoms with van der Waals surface area (Å²) in [6.45, 7) is 0.621. The summed E-state index contributed by atoms with van der Waals surface area (Å²) in [7, 11) is 0. The number of carbonyl (C=O) groups excluding carboxylic acids is 2. The number of thiol groups is 1. The fraction of sp³-hybridized carbons (Fsp3) is 0.556. The van der Waals surface area contributed by atoms with Gasteiger partial charge in [-0.3, -0.25) is 9.59 Å². The molecule has 80 valence electrons. The number of hydrogen-bond acceptors (Lipinski definition) is 3. The molecule has 0 heterocycles. The van der Waals surface area contributed by atoms with Crippen molar-refractivity contribution in [3.05, 3.63) is 12.2 Å². The molecule has 2 amide bonds. The second-order valence-corrected chi connectivity index (χ2v) is 3.26. The van der Waals surface area contributed by atoms with E-state index >= 15 is 0 Å². The molecule has 4 nitrogen and oxygen atoms in total. The van der Waals surface area contributed by atoms with Crippen LogP contribution in [0.4, 0.5) is 0 Å². The Bertz CT molecular complexity index is 217. The summed E-state index contributed by atoms with van der Waals surface area (Å²) in [4.78, 5) is 21.2. The quantitative estimate of drug-likeness (QED) is 0.324. The fourth-order valence-corrected chi connectivity index (χ4v) is 1.07. The third kappa shape index (κ3) is 9.12. The van der Waals surface area contributed by atoms with Gasteiger partial charge < -0.3 is 11.1 Å². The van der Waals surface area contributed by atoms with Crippen molar-refractivity contribution in [1.29, 1.82) is 0 Å². The van der Waals surface area contributed by atoms with Crippen molar-refractivity contribution < 1.29 is 9.59 Å². The summed E-state index contributed by atoms with van der Waals surface area (Å²) in [5.41, 5.74) is 4.82. The fourth-order valence-electron chi connectivity index (χ4n) is 0.842. The summed E-state index contributed by atoms with van der Waals surface area (Å²) in [6.07, 6.45) is 5.21. The Morgan fingerprint density at radius 3 is 2.50 bits per heavy atom. The van der Waals surface area contributed by atoms with Gasteiger partial charge in [-0.1, -0.05) is 6.42 Å². The third-order valence-electron chi connectivity index (χ3n) is 1.53. The van der Waals surface area contributed by atoms with Gasteiger partial charge in [-0.05, 0) is 18.6 Å². The van der Waals surface area contributed by atoms with Gasteiger partial charge in [0.15, 0.2) is 0 Å². The number of primary amides is 1. The van der Waals surface area contributed by atoms with Crippen molar-refractivity contribution in [3.63, 3.8) is 0 Å². The minimum atomic E-state index is -0.616. The van der Waals surface area contributed by atoms with Crippen LogP contribution in [-0.2, 0) is 9.59 Å². The first-order valence-corrected chi connectivity index (χ1v) is 5.16. The summed E-state index contributed by atoms with van der Waals surface area (Å²) in [5.74, 6) is -0.0277. The molecule has 3 N–H and O–H groups in total. The standard InChI is InChI=1S/C9H16N2O2S/c10-8(12)4-5-9(13)11-6-2-1-3-7-14/h4-5,14H,1-3,6-7H2,(H2,10,12)(H,11,13). The molecule has 0 rings (SSSR count). The Kier molecular flexibility index (Phi) is 8.02. The number of carbonyl (C=O) groups is 2. The monoisotopic (exact) mass is 216 g/mol. The Labute approximate surface area is 89.3 Å². The summed E-state index contributed by atoms with van der Waals surface area (Å²) in [5, 5.41) is 2.64. The van der Waals surface area contributed by atoms with Gasteiger partial charge in [0.25, 0.3) is 0 Å². The zero-order chi connectivity index (χ0) is 10.8. The predicted octanol–water partition coefficient (Wildman–Crippen LogP) is 0.244. The van der Waals surface area contributed by atoms with Gasteiger partial charge in [-0.25, -0.2) is 0 Å². The number of unbranched alkanes of at least 4 members (excludes halogenated alkanes) is 2. The average molecular weight is 216 g/mol. The van der Waals surface area contributed by atoms with E-state index in [1.807, 2.05) is 0 Å². The molecule has 0 saturated heterocycles. The van der Waals surface area contributed by atoms with Crippen molar-refractivity contribution in [3.8, 4) is 0 Å². The maximum Gasteiger partial charge on any atom is 0.244 e. The van der Waals surface area contributed by atoms with Crippen LogP contribution >= 0.6 is 12.6 Å². The number of amides is 2. The van der Waals surface area contributed by atoms with Gasteiger partial charge in [0, 0.05) is 18.7 Å². The second-order valence-electron chi connectivity index (χ2n) is 2.81. The van der Waals surface area contributed by atoms with Crippen molar-refractivity contribution in [2.45, 2.75) is 19.3 Å². The van der Waals surface area contributed by atoms with Crippen LogP contribution in [-0.4, -0.2) is 24.1 Å². The normalized spacial score (nSPS) is 10.4. The minimum absolute atomic E-state index is 0.283. The summed E-state index contributed by atoms with van der Waals surface area (Å²) < 4.78 is 0. The lowest BCUT2D eigenvalue weighted by Gasteiger charge is -2.00. The lowest BCUT2D eigenvalue weighted by atomic mass is 10.2. The van der Waals surface area contributed by atoms with Crippen LogP contribution in [0.15, 0.2) is 12.2 Å². The Hall–Kier alpha value is -0.970. The van der Waals surface area contributed by atoms with Crippen molar-refractivity contribution in [2.24, 2.45) is 5.73 Å². The van der Waals surface area contributed by atoms with Crippen LogP contribution in [0.2, 0.25) is 0 Å². The lowest BCUT2D eigenvalue weighted by Crippen LogP contribution is -2.22. The number of nitrogens with two attached hydrogens (primary N) is 1. The van der Waals surface area contributed by atoms with E-state index in [0.717, 1.165) is 37.2 Å². The SMILES string of the molecule is NC(=O)C=CC(=O)NCCCCCS. The van der Waals surface area contributed by atoms with E-state index in [4.69, 9.17) is 5.73 Å². The smallest absolute Gasteiger partial charge is 0.244 e. The Morgan fingerprint density at radius 2 is 1.93 bits per heavy atom. The van der Waals surface area contributed by atoms with Gasteiger partial charge in [-0.15, -0.1) is 0 Å². The number of nitrogens with one attached hydrogen (secondary N) is 1. The molecular weight excluding hydrogens is 200 g/mol. The van der Waals surface area contributed by atoms with Crippen molar-refractivity contribution in [1.82, 2.24) is 5.32 Å². The lowest BCUT2D eigenvalue weighted by molar-refractivity contribution is -0.117. The van der Waals surface area contributed by atoms with E-state index in [9.17, 15) is 9.59 Å². The highest BCUT2D eigenvalue weighted by Crippen LogP contribution is 1.94. The molecule has 0 aromatic rings. The van der Waals surface area contributed by atoms with Gasteiger partial charge in [0.1, 0.15) is 0 Å². The van der Waals surface area contributed by atoms with Crippen LogP contribution in [0.1, 0.15) is 19.3 Å². The molecule has 0 aromatic heterocycles. The highest BCUT2D eigenvalue weighted by atomic mass is 32.1. The Balaban J connectivity index is 3.40. The predicted molar refractivity (Wildman–Crippen MR) is 59.0 cm³/mol. The molecule has 0 bridgehead atoms. The molecule has 0 atom stereocenters. The van der Waals surface area contributed by atoms with Crippen molar-refractivity contribution >= 4 is 24.4 Å². The molecule has 5 heteroatoms. The number of rotatable bonds is 7. The first-order valence-electron chi connectivity index (χ1n) is 4.53. The third-order valence-corrected chi connectivity index (χ3v) is 1.85. The first kappa shape index (κ1) is 13.0. The van der Waals surface area contributed by atoms with Crippen LogP contribution in [0, 0.1) is 0 Å². The zero-order valence-corrected chi connectivity index (χ0v) is 8.93. The molecule has 0 aliphatic rings. The zero-order valence-electron chi connectivity index (χ0n) is 8.03. The van der Waals surface area contributed by atoms with Crippen molar-refractivity contribution in [2.75, 3.05) is 12.3 Å². The van der Waals surface area contributed by atoms with Crippen LogP contribution in [0.3, 0.4) is 0 Å². The van der Waals surface area contributed by atoms with E-state index in [-0.39, 0.29) is 5.91 Å². The molecule has 0 spiro atoms. The van der Waals surface area contributed by atoms with E-state index in [1.165, 1.54) is 0 Å². The summed E-state index contributed by atoms with van der Waals surface area (Å²) in [6, 6.07) is 0. The molecule has 0 fully saturated rings. The van der Waals surface area contributed by atoms with Crippen LogP contribution < -0.4 is 11.1 Å². The van der Waals surface area contributed by atoms with E-state index < -0.39 is 5.91 Å². The topological polar surface area (TPSA) is 72.2 Å². The molecule has 0 unspecified atom stereocenters. The van der Waals surface area contributed by atoms with Crippen LogP contribution in [0.25, 0.3) is 0 Å². The highest BCUT2D eigenvalue weighted by Gasteiger charge is 1.94. The summed E-state index contributed by atoms with van der Waals surface area (Å²) >= 11 is 4.07. The highest BCUT2D eigenvalue weighted by molar-refractivity contribution is 7.80. The maximum absolute atomic E-state index is 11.0. The van der Waals surface area contributed by atoms with E-state index in [0.29, 0.717) is 6.54 Å². The molecule has 0 aliphatic carbocycles. The molecule has 0 aromatic carbocycles. The molecule has 14 heavy (non-hydrogen) atoms. The number of hydrogen-bond donors (Lipinski definition) is 3. The average Bonchev–Trinajstić information content (AvgIpc) is 2.14. The van der Waals surface area contributed by atoms with E-state index in [2.05, 4.69) is 17.9 Å². The van der Waals surface area contributed by atoms with Gasteiger partial charge in [-0.2, -0.15) is 12.6 Å². The van der Waals surface area contributed by atoms with Gasteiger partial charge >= 0.3 is 0 Å². The van der Waals surface area contributed by atoms with Gasteiger partial charge in [0.05, 0.1) is 0 Å².